The number of halogens is 2. The number of rotatable bonds is 3. The lowest BCUT2D eigenvalue weighted by atomic mass is 10.1. The molecule has 3 nitrogen and oxygen atoms in total. The van der Waals surface area contributed by atoms with Gasteiger partial charge in [-0.1, -0.05) is 23.7 Å². The minimum atomic E-state index is -0.148. The minimum absolute atomic E-state index is 0.148. The fraction of sp³-hybridized carbons (Fsp3) is 0.286. The van der Waals surface area contributed by atoms with Gasteiger partial charge in [-0.3, -0.25) is 0 Å². The second kappa shape index (κ2) is 5.53. The molecular formula is C14H15ClFN3. The number of anilines is 1. The Balaban J connectivity index is 2.17. The smallest absolute Gasteiger partial charge is 0.137 e. The summed E-state index contributed by atoms with van der Waals surface area (Å²) < 4.78 is 13.5. The number of aromatic nitrogens is 2. The van der Waals surface area contributed by atoms with Crippen molar-refractivity contribution in [3.63, 3.8) is 0 Å². The van der Waals surface area contributed by atoms with Crippen LogP contribution >= 0.6 is 11.6 Å². The van der Waals surface area contributed by atoms with Crippen molar-refractivity contribution >= 4 is 17.4 Å². The van der Waals surface area contributed by atoms with Crippen LogP contribution in [-0.2, 0) is 6.54 Å². The van der Waals surface area contributed by atoms with Crippen LogP contribution in [0.2, 0.25) is 5.15 Å². The Morgan fingerprint density at radius 2 is 1.79 bits per heavy atom. The Kier molecular flexibility index (Phi) is 4.00. The zero-order valence-corrected chi connectivity index (χ0v) is 11.8. The number of nitrogens with one attached hydrogen (secondary N) is 1. The Bertz CT molecular complexity index is 591. The van der Waals surface area contributed by atoms with Crippen molar-refractivity contribution in [1.29, 1.82) is 0 Å². The molecule has 0 saturated carbocycles. The number of nitrogens with zero attached hydrogens (tertiary/aromatic N) is 2. The van der Waals surface area contributed by atoms with E-state index < -0.39 is 0 Å². The van der Waals surface area contributed by atoms with Gasteiger partial charge in [-0.15, -0.1) is 0 Å². The summed E-state index contributed by atoms with van der Waals surface area (Å²) in [5, 5.41) is 3.62. The van der Waals surface area contributed by atoms with Gasteiger partial charge in [0.15, 0.2) is 0 Å². The highest BCUT2D eigenvalue weighted by atomic mass is 35.5. The lowest BCUT2D eigenvalue weighted by Gasteiger charge is -2.10. The lowest BCUT2D eigenvalue weighted by molar-refractivity contribution is 0.608. The van der Waals surface area contributed by atoms with E-state index in [1.165, 1.54) is 6.33 Å². The highest BCUT2D eigenvalue weighted by Crippen LogP contribution is 2.20. The molecule has 0 aliphatic heterocycles. The molecule has 1 N–H and O–H groups in total. The maximum Gasteiger partial charge on any atom is 0.137 e. The van der Waals surface area contributed by atoms with Crippen LogP contribution < -0.4 is 5.32 Å². The van der Waals surface area contributed by atoms with E-state index in [4.69, 9.17) is 11.6 Å². The van der Waals surface area contributed by atoms with Crippen molar-refractivity contribution in [2.75, 3.05) is 5.32 Å². The molecule has 2 rings (SSSR count). The molecule has 0 spiro atoms. The van der Waals surface area contributed by atoms with Crippen LogP contribution in [0.15, 0.2) is 18.5 Å². The topological polar surface area (TPSA) is 37.8 Å². The van der Waals surface area contributed by atoms with Gasteiger partial charge < -0.3 is 5.32 Å². The first kappa shape index (κ1) is 13.7. The summed E-state index contributed by atoms with van der Waals surface area (Å²) in [6, 6.07) is 3.65. The Morgan fingerprint density at radius 1 is 1.16 bits per heavy atom. The normalized spacial score (nSPS) is 10.6. The van der Waals surface area contributed by atoms with Crippen molar-refractivity contribution in [1.82, 2.24) is 9.97 Å². The van der Waals surface area contributed by atoms with Crippen molar-refractivity contribution in [2.45, 2.75) is 27.3 Å². The lowest BCUT2D eigenvalue weighted by Crippen LogP contribution is -2.05. The average Bonchev–Trinajstić information content (AvgIpc) is 2.37. The highest BCUT2D eigenvalue weighted by Gasteiger charge is 2.07. The quantitative estimate of drug-likeness (QED) is 0.868. The van der Waals surface area contributed by atoms with Gasteiger partial charge in [-0.2, -0.15) is 0 Å². The summed E-state index contributed by atoms with van der Waals surface area (Å²) in [4.78, 5) is 8.03. The first-order valence-electron chi connectivity index (χ1n) is 5.95. The Morgan fingerprint density at radius 3 is 2.42 bits per heavy atom. The van der Waals surface area contributed by atoms with Gasteiger partial charge in [0.25, 0.3) is 0 Å². The fourth-order valence-electron chi connectivity index (χ4n) is 1.93. The second-order valence-electron chi connectivity index (χ2n) is 4.54. The molecule has 1 aromatic heterocycles. The molecule has 0 bridgehead atoms. The minimum Gasteiger partial charge on any atom is -0.366 e. The van der Waals surface area contributed by atoms with Crippen molar-refractivity contribution < 1.29 is 4.39 Å². The fourth-order valence-corrected chi connectivity index (χ4v) is 2.06. The molecule has 1 heterocycles. The molecule has 0 aliphatic rings. The van der Waals surface area contributed by atoms with Gasteiger partial charge in [0.2, 0.25) is 0 Å². The maximum atomic E-state index is 13.5. The van der Waals surface area contributed by atoms with E-state index >= 15 is 0 Å². The van der Waals surface area contributed by atoms with Crippen LogP contribution in [0.25, 0.3) is 0 Å². The molecule has 5 heteroatoms. The van der Waals surface area contributed by atoms with E-state index in [0.717, 1.165) is 11.1 Å². The molecular weight excluding hydrogens is 265 g/mol. The van der Waals surface area contributed by atoms with E-state index in [2.05, 4.69) is 15.3 Å². The number of aryl methyl sites for hydroxylation is 2. The third-order valence-electron chi connectivity index (χ3n) is 2.98. The standard InChI is InChI=1S/C14H15ClFN3/c1-8-4-11(5-9(2)12(8)16)6-17-14-10(3)13(15)18-7-19-14/h4-5,7H,6H2,1-3H3,(H,17,18,19). The number of hydrogen-bond acceptors (Lipinski definition) is 3. The molecule has 0 amide bonds. The van der Waals surface area contributed by atoms with E-state index in [9.17, 15) is 4.39 Å². The van der Waals surface area contributed by atoms with Gasteiger partial charge in [0.05, 0.1) is 0 Å². The SMILES string of the molecule is Cc1cc(CNc2ncnc(Cl)c2C)cc(C)c1F. The predicted molar refractivity (Wildman–Crippen MR) is 75.0 cm³/mol. The summed E-state index contributed by atoms with van der Waals surface area (Å²) in [5.41, 5.74) is 3.11. The van der Waals surface area contributed by atoms with Crippen molar-refractivity contribution in [3.8, 4) is 0 Å². The van der Waals surface area contributed by atoms with E-state index in [0.29, 0.717) is 28.6 Å². The molecule has 0 atom stereocenters. The summed E-state index contributed by atoms with van der Waals surface area (Å²) in [5.74, 6) is 0.546. The van der Waals surface area contributed by atoms with Crippen LogP contribution in [0.5, 0.6) is 0 Å². The third-order valence-corrected chi connectivity index (χ3v) is 3.36. The molecule has 0 aliphatic carbocycles. The van der Waals surface area contributed by atoms with Gasteiger partial charge in [0.1, 0.15) is 23.1 Å². The van der Waals surface area contributed by atoms with Crippen LogP contribution in [0.1, 0.15) is 22.3 Å². The first-order chi connectivity index (χ1) is 8.99. The van der Waals surface area contributed by atoms with Gasteiger partial charge >= 0.3 is 0 Å². The predicted octanol–water partition coefficient (Wildman–Crippen LogP) is 3.81. The molecule has 100 valence electrons. The Hall–Kier alpha value is -1.68. The molecule has 0 saturated heterocycles. The summed E-state index contributed by atoms with van der Waals surface area (Å²) in [6.07, 6.45) is 1.42. The molecule has 0 radical (unpaired) electrons. The van der Waals surface area contributed by atoms with Crippen LogP contribution in [-0.4, -0.2) is 9.97 Å². The summed E-state index contributed by atoms with van der Waals surface area (Å²) in [6.45, 7) is 5.94. The van der Waals surface area contributed by atoms with Crippen molar-refractivity contribution in [3.05, 3.63) is 51.7 Å². The number of hydrogen-bond donors (Lipinski definition) is 1. The molecule has 1 aromatic carbocycles. The molecule has 2 aromatic rings. The van der Waals surface area contributed by atoms with Crippen LogP contribution in [0.3, 0.4) is 0 Å². The van der Waals surface area contributed by atoms with E-state index in [1.807, 2.05) is 19.1 Å². The zero-order chi connectivity index (χ0) is 14.0. The van der Waals surface area contributed by atoms with Crippen molar-refractivity contribution in [2.24, 2.45) is 0 Å². The monoisotopic (exact) mass is 279 g/mol. The molecule has 0 unspecified atom stereocenters. The largest absolute Gasteiger partial charge is 0.366 e. The van der Waals surface area contributed by atoms with Gasteiger partial charge in [0, 0.05) is 12.1 Å². The third kappa shape index (κ3) is 3.01. The average molecular weight is 280 g/mol. The van der Waals surface area contributed by atoms with Crippen LogP contribution in [0.4, 0.5) is 10.2 Å². The van der Waals surface area contributed by atoms with E-state index in [1.54, 1.807) is 13.8 Å². The first-order valence-corrected chi connectivity index (χ1v) is 6.33. The van der Waals surface area contributed by atoms with Gasteiger partial charge in [-0.05, 0) is 37.5 Å². The van der Waals surface area contributed by atoms with Crippen LogP contribution in [0, 0.1) is 26.6 Å². The summed E-state index contributed by atoms with van der Waals surface area (Å²) in [7, 11) is 0. The molecule has 19 heavy (non-hydrogen) atoms. The Labute approximate surface area is 116 Å². The summed E-state index contributed by atoms with van der Waals surface area (Å²) >= 11 is 5.93. The zero-order valence-electron chi connectivity index (χ0n) is 11.1. The highest BCUT2D eigenvalue weighted by molar-refractivity contribution is 6.30. The molecule has 0 fully saturated rings. The van der Waals surface area contributed by atoms with E-state index in [-0.39, 0.29) is 5.82 Å². The maximum absolute atomic E-state index is 13.5. The second-order valence-corrected chi connectivity index (χ2v) is 4.89. The van der Waals surface area contributed by atoms with Gasteiger partial charge in [-0.25, -0.2) is 14.4 Å². The number of benzene rings is 1.